The van der Waals surface area contributed by atoms with Gasteiger partial charge < -0.3 is 14.5 Å². The Morgan fingerprint density at radius 1 is 1.12 bits per heavy atom. The van der Waals surface area contributed by atoms with Crippen LogP contribution in [-0.4, -0.2) is 53.9 Å². The molecule has 1 amide bonds. The number of benzene rings is 1. The van der Waals surface area contributed by atoms with Crippen molar-refractivity contribution in [2.45, 2.75) is 18.9 Å². The molecule has 1 aromatic heterocycles. The predicted octanol–water partition coefficient (Wildman–Crippen LogP) is 2.22. The van der Waals surface area contributed by atoms with Crippen LogP contribution in [-0.2, 0) is 4.74 Å². The van der Waals surface area contributed by atoms with E-state index in [0.29, 0.717) is 19.8 Å². The molecule has 0 unspecified atom stereocenters. The van der Waals surface area contributed by atoms with Crippen molar-refractivity contribution < 1.29 is 9.53 Å². The second kappa shape index (κ2) is 6.65. The summed E-state index contributed by atoms with van der Waals surface area (Å²) in [6, 6.07) is 9.79. The standard InChI is InChI=1S/C18H22N4O2/c23-18(14-3-5-15(6-4-14)21-9-1-2-10-21)22-11-12-24-13-17(22)16-7-8-19-20-16/h3-8,17H,1-2,9-13H2,(H,19,20)/t17-/m1/s1. The van der Waals surface area contributed by atoms with Gasteiger partial charge in [0.25, 0.3) is 5.91 Å². The Balaban J connectivity index is 1.53. The van der Waals surface area contributed by atoms with E-state index in [1.54, 1.807) is 6.20 Å². The molecule has 126 valence electrons. The third-order valence-electron chi connectivity index (χ3n) is 4.86. The molecule has 0 spiro atoms. The fourth-order valence-corrected chi connectivity index (χ4v) is 3.51. The Kier molecular flexibility index (Phi) is 4.21. The molecule has 6 nitrogen and oxygen atoms in total. The van der Waals surface area contributed by atoms with E-state index >= 15 is 0 Å². The molecule has 3 heterocycles. The van der Waals surface area contributed by atoms with Gasteiger partial charge in [0.15, 0.2) is 0 Å². The van der Waals surface area contributed by atoms with Gasteiger partial charge in [-0.15, -0.1) is 0 Å². The predicted molar refractivity (Wildman–Crippen MR) is 91.1 cm³/mol. The number of hydrogen-bond donors (Lipinski definition) is 1. The summed E-state index contributed by atoms with van der Waals surface area (Å²) in [4.78, 5) is 17.2. The van der Waals surface area contributed by atoms with Crippen LogP contribution >= 0.6 is 0 Å². The lowest BCUT2D eigenvalue weighted by molar-refractivity contribution is -0.00390. The molecule has 2 saturated heterocycles. The van der Waals surface area contributed by atoms with E-state index in [0.717, 1.165) is 24.3 Å². The zero-order chi connectivity index (χ0) is 16.4. The molecule has 0 aliphatic carbocycles. The van der Waals surface area contributed by atoms with Crippen molar-refractivity contribution >= 4 is 11.6 Å². The summed E-state index contributed by atoms with van der Waals surface area (Å²) >= 11 is 0. The van der Waals surface area contributed by atoms with Gasteiger partial charge in [0.1, 0.15) is 0 Å². The molecular weight excluding hydrogens is 304 g/mol. The third kappa shape index (κ3) is 2.89. The summed E-state index contributed by atoms with van der Waals surface area (Å²) in [6.07, 6.45) is 4.21. The number of carbonyl (C=O) groups is 1. The minimum Gasteiger partial charge on any atom is -0.377 e. The van der Waals surface area contributed by atoms with E-state index < -0.39 is 0 Å². The fourth-order valence-electron chi connectivity index (χ4n) is 3.51. The summed E-state index contributed by atoms with van der Waals surface area (Å²) in [5, 5.41) is 6.95. The third-order valence-corrected chi connectivity index (χ3v) is 4.86. The normalized spacial score (nSPS) is 21.2. The van der Waals surface area contributed by atoms with Crippen LogP contribution in [0.3, 0.4) is 0 Å². The summed E-state index contributed by atoms with van der Waals surface area (Å²) in [6.45, 7) is 3.88. The molecule has 1 atom stereocenters. The topological polar surface area (TPSA) is 61.5 Å². The first-order valence-electron chi connectivity index (χ1n) is 8.56. The van der Waals surface area contributed by atoms with Crippen LogP contribution in [0.5, 0.6) is 0 Å². The summed E-state index contributed by atoms with van der Waals surface area (Å²) in [7, 11) is 0. The van der Waals surface area contributed by atoms with Crippen LogP contribution in [0.1, 0.15) is 34.9 Å². The Bertz CT molecular complexity index is 678. The van der Waals surface area contributed by atoms with Gasteiger partial charge in [0, 0.05) is 37.1 Å². The largest absolute Gasteiger partial charge is 0.377 e. The number of hydrogen-bond acceptors (Lipinski definition) is 4. The minimum atomic E-state index is -0.105. The van der Waals surface area contributed by atoms with Gasteiger partial charge in [-0.3, -0.25) is 9.89 Å². The molecule has 24 heavy (non-hydrogen) atoms. The lowest BCUT2D eigenvalue weighted by Crippen LogP contribution is -2.43. The van der Waals surface area contributed by atoms with Crippen molar-refractivity contribution in [1.29, 1.82) is 0 Å². The summed E-state index contributed by atoms with van der Waals surface area (Å²) in [5.41, 5.74) is 2.84. The highest BCUT2D eigenvalue weighted by molar-refractivity contribution is 5.95. The highest BCUT2D eigenvalue weighted by Crippen LogP contribution is 2.26. The maximum Gasteiger partial charge on any atom is 0.254 e. The highest BCUT2D eigenvalue weighted by Gasteiger charge is 2.30. The molecule has 4 rings (SSSR count). The van der Waals surface area contributed by atoms with E-state index in [9.17, 15) is 4.79 Å². The van der Waals surface area contributed by atoms with Gasteiger partial charge in [-0.05, 0) is 43.2 Å². The fraction of sp³-hybridized carbons (Fsp3) is 0.444. The Hall–Kier alpha value is -2.34. The van der Waals surface area contributed by atoms with E-state index in [1.165, 1.54) is 18.5 Å². The van der Waals surface area contributed by atoms with Crippen LogP contribution in [0.25, 0.3) is 0 Å². The minimum absolute atomic E-state index is 0.0471. The van der Waals surface area contributed by atoms with Gasteiger partial charge >= 0.3 is 0 Å². The molecule has 2 aliphatic heterocycles. The number of amides is 1. The summed E-state index contributed by atoms with van der Waals surface area (Å²) < 4.78 is 5.56. The summed E-state index contributed by atoms with van der Waals surface area (Å²) in [5.74, 6) is 0.0471. The zero-order valence-electron chi connectivity index (χ0n) is 13.6. The number of aromatic amines is 1. The Morgan fingerprint density at radius 2 is 1.92 bits per heavy atom. The molecular formula is C18H22N4O2. The van der Waals surface area contributed by atoms with E-state index in [4.69, 9.17) is 4.74 Å². The Morgan fingerprint density at radius 3 is 2.62 bits per heavy atom. The highest BCUT2D eigenvalue weighted by atomic mass is 16.5. The van der Waals surface area contributed by atoms with E-state index in [-0.39, 0.29) is 11.9 Å². The van der Waals surface area contributed by atoms with Crippen molar-refractivity contribution in [3.63, 3.8) is 0 Å². The van der Waals surface area contributed by atoms with E-state index in [2.05, 4.69) is 27.2 Å². The number of rotatable bonds is 3. The number of carbonyl (C=O) groups excluding carboxylic acids is 1. The quantitative estimate of drug-likeness (QED) is 0.939. The molecule has 0 radical (unpaired) electrons. The van der Waals surface area contributed by atoms with Gasteiger partial charge in [-0.2, -0.15) is 5.10 Å². The monoisotopic (exact) mass is 326 g/mol. The smallest absolute Gasteiger partial charge is 0.254 e. The van der Waals surface area contributed by atoms with Gasteiger partial charge in [-0.1, -0.05) is 0 Å². The second-order valence-electron chi connectivity index (χ2n) is 6.34. The Labute approximate surface area is 141 Å². The first-order chi connectivity index (χ1) is 11.8. The maximum absolute atomic E-state index is 13.0. The number of nitrogens with one attached hydrogen (secondary N) is 1. The average molecular weight is 326 g/mol. The molecule has 1 aromatic carbocycles. The van der Waals surface area contributed by atoms with Crippen LogP contribution in [0, 0.1) is 0 Å². The number of nitrogens with zero attached hydrogens (tertiary/aromatic N) is 3. The van der Waals surface area contributed by atoms with Crippen molar-refractivity contribution in [2.75, 3.05) is 37.7 Å². The average Bonchev–Trinajstić information content (AvgIpc) is 3.35. The van der Waals surface area contributed by atoms with Crippen LogP contribution in [0.2, 0.25) is 0 Å². The lowest BCUT2D eigenvalue weighted by atomic mass is 10.1. The van der Waals surface area contributed by atoms with Gasteiger partial charge in [0.05, 0.1) is 24.9 Å². The molecule has 1 N–H and O–H groups in total. The van der Waals surface area contributed by atoms with E-state index in [1.807, 2.05) is 23.1 Å². The van der Waals surface area contributed by atoms with Gasteiger partial charge in [0.2, 0.25) is 0 Å². The molecule has 0 bridgehead atoms. The van der Waals surface area contributed by atoms with Crippen molar-refractivity contribution in [3.8, 4) is 0 Å². The first-order valence-corrected chi connectivity index (χ1v) is 8.56. The SMILES string of the molecule is O=C(c1ccc(N2CCCC2)cc1)N1CCOC[C@@H]1c1ccn[nH]1. The number of aromatic nitrogens is 2. The number of ether oxygens (including phenoxy) is 1. The van der Waals surface area contributed by atoms with Crippen LogP contribution in [0.4, 0.5) is 5.69 Å². The maximum atomic E-state index is 13.0. The second-order valence-corrected chi connectivity index (χ2v) is 6.34. The van der Waals surface area contributed by atoms with Crippen LogP contribution in [0.15, 0.2) is 36.5 Å². The van der Waals surface area contributed by atoms with Crippen molar-refractivity contribution in [2.24, 2.45) is 0 Å². The zero-order valence-corrected chi connectivity index (χ0v) is 13.6. The number of anilines is 1. The first kappa shape index (κ1) is 15.2. The van der Waals surface area contributed by atoms with Gasteiger partial charge in [-0.25, -0.2) is 0 Å². The number of morpholine rings is 1. The van der Waals surface area contributed by atoms with Crippen molar-refractivity contribution in [1.82, 2.24) is 15.1 Å². The molecule has 2 aliphatic rings. The molecule has 2 aromatic rings. The number of H-pyrrole nitrogens is 1. The lowest BCUT2D eigenvalue weighted by Gasteiger charge is -2.35. The van der Waals surface area contributed by atoms with Crippen LogP contribution < -0.4 is 4.90 Å². The molecule has 2 fully saturated rings. The van der Waals surface area contributed by atoms with Crippen molar-refractivity contribution in [3.05, 3.63) is 47.8 Å². The molecule has 6 heteroatoms. The molecule has 0 saturated carbocycles.